The SMILES string of the molecule is CNc1cc(C)cnc1Nc1cccc(C)c1.Cc1cccc(-n2c[n+](C)c3cc(C)cnc32)c1.[Cl-]. The van der Waals surface area contributed by atoms with Crippen LogP contribution in [0.1, 0.15) is 22.3 Å². The molecule has 0 aliphatic rings. The van der Waals surface area contributed by atoms with E-state index in [1.807, 2.05) is 38.5 Å². The van der Waals surface area contributed by atoms with E-state index in [4.69, 9.17) is 0 Å². The van der Waals surface area contributed by atoms with Gasteiger partial charge in [0, 0.05) is 25.1 Å². The number of aryl methyl sites for hydroxylation is 5. The molecule has 0 aliphatic heterocycles. The largest absolute Gasteiger partial charge is 1.00 e. The Bertz CT molecular complexity index is 1470. The molecule has 0 saturated heterocycles. The molecule has 0 spiro atoms. The number of pyridine rings is 2. The standard InChI is InChI=1S/C15H16N3.C14H17N3.ClH/c1-11-5-4-6-13(7-11)18-10-17(3)14-8-12(2)9-16-15(14)18;1-10-5-4-6-12(7-10)17-14-13(15-3)8-11(2)9-16-14;/h4-10H,1-3H3;4-9,15H,1-3H3,(H,16,17);1H/q+1;;/p-1. The van der Waals surface area contributed by atoms with Crippen LogP contribution in [0.2, 0.25) is 0 Å². The third-order valence-corrected chi connectivity index (χ3v) is 5.74. The Morgan fingerprint density at radius 3 is 2.14 bits per heavy atom. The number of hydrogen-bond donors (Lipinski definition) is 2. The first-order chi connectivity index (χ1) is 16.8. The van der Waals surface area contributed by atoms with Crippen LogP contribution in [0, 0.1) is 27.7 Å². The summed E-state index contributed by atoms with van der Waals surface area (Å²) in [6.07, 6.45) is 5.85. The van der Waals surface area contributed by atoms with Crippen molar-refractivity contribution in [3.63, 3.8) is 0 Å². The number of fused-ring (bicyclic) bond motifs is 1. The maximum Gasteiger partial charge on any atom is 0.273 e. The molecular formula is C29H33ClN6. The number of hydrogen-bond acceptors (Lipinski definition) is 4. The molecule has 5 aromatic rings. The van der Waals surface area contributed by atoms with Crippen molar-refractivity contribution in [2.45, 2.75) is 27.7 Å². The van der Waals surface area contributed by atoms with Crippen LogP contribution >= 0.6 is 0 Å². The summed E-state index contributed by atoms with van der Waals surface area (Å²) in [6.45, 7) is 8.28. The minimum Gasteiger partial charge on any atom is -1.00 e. The molecule has 0 amide bonds. The second-order valence-corrected chi connectivity index (χ2v) is 8.94. The normalized spacial score (nSPS) is 10.3. The van der Waals surface area contributed by atoms with Gasteiger partial charge in [0.05, 0.1) is 12.7 Å². The molecule has 6 nitrogen and oxygen atoms in total. The fourth-order valence-electron chi connectivity index (χ4n) is 3.97. The molecule has 0 bridgehead atoms. The first-order valence-electron chi connectivity index (χ1n) is 11.7. The Balaban J connectivity index is 0.000000196. The van der Waals surface area contributed by atoms with Crippen LogP contribution < -0.4 is 27.6 Å². The zero-order valence-electron chi connectivity index (χ0n) is 21.7. The van der Waals surface area contributed by atoms with Gasteiger partial charge >= 0.3 is 0 Å². The van der Waals surface area contributed by atoms with Gasteiger partial charge in [0.15, 0.2) is 11.3 Å². The van der Waals surface area contributed by atoms with Crippen molar-refractivity contribution >= 4 is 28.4 Å². The van der Waals surface area contributed by atoms with E-state index < -0.39 is 0 Å². The summed E-state index contributed by atoms with van der Waals surface area (Å²) in [5.74, 6) is 0.851. The smallest absolute Gasteiger partial charge is 0.273 e. The third kappa shape index (κ3) is 6.20. The van der Waals surface area contributed by atoms with Gasteiger partial charge < -0.3 is 23.0 Å². The molecule has 0 radical (unpaired) electrons. The lowest BCUT2D eigenvalue weighted by molar-refractivity contribution is -0.645. The van der Waals surface area contributed by atoms with Gasteiger partial charge in [-0.1, -0.05) is 24.3 Å². The summed E-state index contributed by atoms with van der Waals surface area (Å²) in [5.41, 5.74) is 10.2. The Morgan fingerprint density at radius 1 is 0.778 bits per heavy atom. The van der Waals surface area contributed by atoms with E-state index in [0.717, 1.165) is 39.6 Å². The average Bonchev–Trinajstić information content (AvgIpc) is 3.16. The Morgan fingerprint density at radius 2 is 1.44 bits per heavy atom. The van der Waals surface area contributed by atoms with E-state index in [1.54, 1.807) is 0 Å². The van der Waals surface area contributed by atoms with Gasteiger partial charge in [-0.2, -0.15) is 4.57 Å². The maximum absolute atomic E-state index is 4.55. The number of nitrogens with zero attached hydrogens (tertiary/aromatic N) is 4. The molecule has 2 aromatic carbocycles. The van der Waals surface area contributed by atoms with Crippen LogP contribution in [0.25, 0.3) is 16.9 Å². The fourth-order valence-corrected chi connectivity index (χ4v) is 3.97. The summed E-state index contributed by atoms with van der Waals surface area (Å²) in [6, 6.07) is 20.9. The van der Waals surface area contributed by atoms with E-state index in [1.165, 1.54) is 16.7 Å². The molecule has 0 atom stereocenters. The number of imidazole rings is 1. The van der Waals surface area contributed by atoms with Crippen LogP contribution in [0.15, 0.2) is 79.4 Å². The quantitative estimate of drug-likeness (QED) is 0.372. The Kier molecular flexibility index (Phi) is 8.67. The van der Waals surface area contributed by atoms with Gasteiger partial charge in [-0.3, -0.25) is 0 Å². The molecule has 3 heterocycles. The molecule has 0 saturated carbocycles. The van der Waals surface area contributed by atoms with Crippen molar-refractivity contribution in [1.82, 2.24) is 14.5 Å². The predicted octanol–water partition coefficient (Wildman–Crippen LogP) is 2.95. The molecule has 3 aromatic heterocycles. The van der Waals surface area contributed by atoms with Crippen LogP contribution in [-0.2, 0) is 7.05 Å². The summed E-state index contributed by atoms with van der Waals surface area (Å²) in [7, 11) is 3.95. The second-order valence-electron chi connectivity index (χ2n) is 8.94. The van der Waals surface area contributed by atoms with Gasteiger partial charge in [0.1, 0.15) is 5.69 Å². The Labute approximate surface area is 219 Å². The van der Waals surface area contributed by atoms with Crippen LogP contribution in [0.3, 0.4) is 0 Å². The molecule has 36 heavy (non-hydrogen) atoms. The topological polar surface area (TPSA) is 58.7 Å². The lowest BCUT2D eigenvalue weighted by Crippen LogP contribution is -3.00. The summed E-state index contributed by atoms with van der Waals surface area (Å²) >= 11 is 0. The molecule has 2 N–H and O–H groups in total. The summed E-state index contributed by atoms with van der Waals surface area (Å²) in [4.78, 5) is 8.95. The van der Waals surface area contributed by atoms with E-state index >= 15 is 0 Å². The highest BCUT2D eigenvalue weighted by molar-refractivity contribution is 5.71. The average molecular weight is 501 g/mol. The summed E-state index contributed by atoms with van der Waals surface area (Å²) in [5, 5.41) is 6.46. The fraction of sp³-hybridized carbons (Fsp3) is 0.207. The van der Waals surface area contributed by atoms with Gasteiger partial charge in [0.2, 0.25) is 0 Å². The number of rotatable bonds is 4. The number of aromatic nitrogens is 4. The zero-order valence-corrected chi connectivity index (χ0v) is 22.4. The Hall–Kier alpha value is -3.90. The van der Waals surface area contributed by atoms with E-state index in [0.29, 0.717) is 0 Å². The molecule has 186 valence electrons. The van der Waals surface area contributed by atoms with E-state index in [-0.39, 0.29) is 12.4 Å². The van der Waals surface area contributed by atoms with Crippen molar-refractivity contribution in [2.24, 2.45) is 7.05 Å². The number of nitrogens with one attached hydrogen (secondary N) is 2. The molecule has 0 aliphatic carbocycles. The van der Waals surface area contributed by atoms with Crippen molar-refractivity contribution < 1.29 is 17.0 Å². The van der Waals surface area contributed by atoms with Crippen molar-refractivity contribution in [1.29, 1.82) is 0 Å². The second kappa shape index (κ2) is 11.7. The highest BCUT2D eigenvalue weighted by Gasteiger charge is 2.16. The lowest BCUT2D eigenvalue weighted by atomic mass is 10.2. The first kappa shape index (κ1) is 26.7. The molecule has 7 heteroatoms. The zero-order chi connectivity index (χ0) is 24.9. The van der Waals surface area contributed by atoms with Gasteiger partial charge in [-0.15, -0.1) is 0 Å². The first-order valence-corrected chi connectivity index (χ1v) is 11.7. The van der Waals surface area contributed by atoms with Crippen LogP contribution in [0.5, 0.6) is 0 Å². The van der Waals surface area contributed by atoms with Crippen LogP contribution in [0.4, 0.5) is 17.2 Å². The van der Waals surface area contributed by atoms with Gasteiger partial charge in [-0.25, -0.2) is 14.5 Å². The monoisotopic (exact) mass is 500 g/mol. The molecule has 5 rings (SSSR count). The number of halogens is 1. The number of anilines is 3. The summed E-state index contributed by atoms with van der Waals surface area (Å²) < 4.78 is 4.24. The highest BCUT2D eigenvalue weighted by atomic mass is 35.5. The van der Waals surface area contributed by atoms with Gasteiger partial charge in [0.25, 0.3) is 12.0 Å². The molecular weight excluding hydrogens is 468 g/mol. The van der Waals surface area contributed by atoms with Crippen molar-refractivity contribution in [3.8, 4) is 5.69 Å². The lowest BCUT2D eigenvalue weighted by Gasteiger charge is -2.11. The van der Waals surface area contributed by atoms with Crippen molar-refractivity contribution in [3.05, 3.63) is 102 Å². The van der Waals surface area contributed by atoms with E-state index in [2.05, 4.69) is 112 Å². The third-order valence-electron chi connectivity index (χ3n) is 5.74. The minimum absolute atomic E-state index is 0. The number of benzene rings is 2. The predicted molar refractivity (Wildman–Crippen MR) is 145 cm³/mol. The molecule has 0 fully saturated rings. The minimum atomic E-state index is 0. The van der Waals surface area contributed by atoms with E-state index in [9.17, 15) is 0 Å². The van der Waals surface area contributed by atoms with Gasteiger partial charge in [-0.05, 0) is 86.3 Å². The van der Waals surface area contributed by atoms with Crippen LogP contribution in [-0.4, -0.2) is 21.6 Å². The molecule has 0 unspecified atom stereocenters. The maximum atomic E-state index is 4.55. The van der Waals surface area contributed by atoms with Crippen molar-refractivity contribution in [2.75, 3.05) is 17.7 Å². The highest BCUT2D eigenvalue weighted by Crippen LogP contribution is 2.24.